The second-order valence-electron chi connectivity index (χ2n) is 6.02. The second-order valence-corrected chi connectivity index (χ2v) is 6.02. The lowest BCUT2D eigenvalue weighted by Crippen LogP contribution is -2.33. The molecule has 1 unspecified atom stereocenters. The number of carbonyl (C=O) groups excluding carboxylic acids is 1. The van der Waals surface area contributed by atoms with Crippen LogP contribution in [0, 0.1) is 12.3 Å². The summed E-state index contributed by atoms with van der Waals surface area (Å²) in [6, 6.07) is 8.27. The van der Waals surface area contributed by atoms with Crippen LogP contribution in [0.5, 0.6) is 0 Å². The second kappa shape index (κ2) is 6.71. The smallest absolute Gasteiger partial charge is 0.311 e. The predicted octanol–water partition coefficient (Wildman–Crippen LogP) is 3.06. The van der Waals surface area contributed by atoms with Crippen molar-refractivity contribution >= 4 is 5.97 Å². The normalized spacial score (nSPS) is 13.1. The molecule has 0 heterocycles. The van der Waals surface area contributed by atoms with Crippen molar-refractivity contribution in [2.75, 3.05) is 6.54 Å². The van der Waals surface area contributed by atoms with Crippen LogP contribution >= 0.6 is 0 Å². The van der Waals surface area contributed by atoms with E-state index in [4.69, 9.17) is 4.74 Å². The summed E-state index contributed by atoms with van der Waals surface area (Å²) in [7, 11) is 0. The van der Waals surface area contributed by atoms with Crippen LogP contribution in [0.15, 0.2) is 24.3 Å². The third-order valence-electron chi connectivity index (χ3n) is 2.93. The molecule has 19 heavy (non-hydrogen) atoms. The van der Waals surface area contributed by atoms with E-state index in [-0.39, 0.29) is 12.1 Å². The fraction of sp³-hybridized carbons (Fsp3) is 0.562. The first kappa shape index (κ1) is 15.7. The number of carbonyl (C=O) groups is 1. The number of ether oxygens (including phenoxy) is 1. The fourth-order valence-corrected chi connectivity index (χ4v) is 1.62. The molecular weight excluding hydrogens is 238 g/mol. The average Bonchev–Trinajstić information content (AvgIpc) is 2.30. The van der Waals surface area contributed by atoms with Crippen molar-refractivity contribution in [2.45, 2.75) is 47.3 Å². The number of nitrogens with one attached hydrogen (secondary N) is 1. The minimum atomic E-state index is -0.440. The highest BCUT2D eigenvalue weighted by atomic mass is 16.5. The van der Waals surface area contributed by atoms with E-state index >= 15 is 0 Å². The third-order valence-corrected chi connectivity index (χ3v) is 2.93. The monoisotopic (exact) mass is 263 g/mol. The lowest BCUT2D eigenvalue weighted by Gasteiger charge is -2.21. The summed E-state index contributed by atoms with van der Waals surface area (Å²) < 4.78 is 5.38. The average molecular weight is 263 g/mol. The highest BCUT2D eigenvalue weighted by Gasteiger charge is 2.24. The summed E-state index contributed by atoms with van der Waals surface area (Å²) in [4.78, 5) is 11.7. The molecule has 1 aromatic rings. The summed E-state index contributed by atoms with van der Waals surface area (Å²) in [6.45, 7) is 11.1. The third kappa shape index (κ3) is 5.43. The van der Waals surface area contributed by atoms with Gasteiger partial charge < -0.3 is 10.1 Å². The van der Waals surface area contributed by atoms with E-state index in [2.05, 4.69) is 24.4 Å². The van der Waals surface area contributed by atoms with Gasteiger partial charge in [-0.05, 0) is 45.7 Å². The summed E-state index contributed by atoms with van der Waals surface area (Å²) in [5.41, 5.74) is 2.11. The zero-order valence-electron chi connectivity index (χ0n) is 12.6. The van der Waals surface area contributed by atoms with Crippen molar-refractivity contribution in [3.63, 3.8) is 0 Å². The van der Waals surface area contributed by atoms with E-state index in [1.807, 2.05) is 39.8 Å². The number of hydrogen-bond acceptors (Lipinski definition) is 3. The molecule has 0 aliphatic rings. The highest BCUT2D eigenvalue weighted by Crippen LogP contribution is 2.16. The molecule has 0 saturated heterocycles. The van der Waals surface area contributed by atoms with Gasteiger partial charge in [0.05, 0.1) is 5.41 Å². The van der Waals surface area contributed by atoms with Gasteiger partial charge in [-0.2, -0.15) is 0 Å². The summed E-state index contributed by atoms with van der Waals surface area (Å²) in [6.07, 6.45) is -0.115. The Kier molecular flexibility index (Phi) is 5.55. The van der Waals surface area contributed by atoms with Crippen LogP contribution in [0.2, 0.25) is 0 Å². The molecule has 1 N–H and O–H groups in total. The summed E-state index contributed by atoms with van der Waals surface area (Å²) in [5, 5.41) is 3.32. The van der Waals surface area contributed by atoms with Gasteiger partial charge in [-0.1, -0.05) is 24.3 Å². The molecule has 0 saturated carbocycles. The molecule has 0 amide bonds. The Bertz CT molecular complexity index is 421. The van der Waals surface area contributed by atoms with E-state index in [1.54, 1.807) is 0 Å². The molecule has 0 aliphatic carbocycles. The largest absolute Gasteiger partial charge is 0.461 e. The highest BCUT2D eigenvalue weighted by molar-refractivity contribution is 5.75. The Labute approximate surface area is 116 Å². The van der Waals surface area contributed by atoms with Gasteiger partial charge in [0.25, 0.3) is 0 Å². The fourth-order valence-electron chi connectivity index (χ4n) is 1.62. The predicted molar refractivity (Wildman–Crippen MR) is 77.9 cm³/mol. The maximum Gasteiger partial charge on any atom is 0.311 e. The Morgan fingerprint density at radius 2 is 1.95 bits per heavy atom. The number of rotatable bonds is 5. The van der Waals surface area contributed by atoms with Crippen LogP contribution < -0.4 is 5.32 Å². The lowest BCUT2D eigenvalue weighted by molar-refractivity contribution is -0.157. The first-order chi connectivity index (χ1) is 8.80. The molecule has 1 atom stereocenters. The quantitative estimate of drug-likeness (QED) is 0.830. The van der Waals surface area contributed by atoms with Crippen molar-refractivity contribution in [1.82, 2.24) is 5.32 Å². The SMILES string of the molecule is Cc1ccccc1CNCC(C)OC(=O)C(C)(C)C. The number of esters is 1. The first-order valence-corrected chi connectivity index (χ1v) is 6.77. The minimum absolute atomic E-state index is 0.115. The van der Waals surface area contributed by atoms with Crippen molar-refractivity contribution < 1.29 is 9.53 Å². The van der Waals surface area contributed by atoms with Crippen LogP contribution in [0.25, 0.3) is 0 Å². The summed E-state index contributed by atoms with van der Waals surface area (Å²) in [5.74, 6) is -0.155. The Morgan fingerprint density at radius 1 is 1.32 bits per heavy atom. The van der Waals surface area contributed by atoms with Gasteiger partial charge in [-0.25, -0.2) is 0 Å². The Balaban J connectivity index is 2.34. The molecule has 106 valence electrons. The van der Waals surface area contributed by atoms with Gasteiger partial charge in [-0.3, -0.25) is 4.79 Å². The Morgan fingerprint density at radius 3 is 2.53 bits per heavy atom. The first-order valence-electron chi connectivity index (χ1n) is 6.77. The standard InChI is InChI=1S/C16H25NO2/c1-12-8-6-7-9-14(12)11-17-10-13(2)19-15(18)16(3,4)5/h6-9,13,17H,10-11H2,1-5H3. The van der Waals surface area contributed by atoms with Crippen molar-refractivity contribution in [3.05, 3.63) is 35.4 Å². The van der Waals surface area contributed by atoms with Gasteiger partial charge in [0.15, 0.2) is 0 Å². The van der Waals surface area contributed by atoms with E-state index in [9.17, 15) is 4.79 Å². The number of hydrogen-bond donors (Lipinski definition) is 1. The molecule has 0 aliphatic heterocycles. The minimum Gasteiger partial charge on any atom is -0.461 e. The molecule has 1 aromatic carbocycles. The molecular formula is C16H25NO2. The van der Waals surface area contributed by atoms with E-state index in [0.29, 0.717) is 6.54 Å². The molecule has 3 nitrogen and oxygen atoms in total. The van der Waals surface area contributed by atoms with Crippen LogP contribution in [-0.2, 0) is 16.1 Å². The van der Waals surface area contributed by atoms with Gasteiger partial charge >= 0.3 is 5.97 Å². The van der Waals surface area contributed by atoms with E-state index in [1.165, 1.54) is 11.1 Å². The van der Waals surface area contributed by atoms with Gasteiger partial charge in [0, 0.05) is 13.1 Å². The van der Waals surface area contributed by atoms with Gasteiger partial charge in [-0.15, -0.1) is 0 Å². The van der Waals surface area contributed by atoms with E-state index in [0.717, 1.165) is 6.54 Å². The molecule has 0 spiro atoms. The molecule has 0 aromatic heterocycles. The topological polar surface area (TPSA) is 38.3 Å². The molecule has 0 fully saturated rings. The molecule has 3 heteroatoms. The number of aryl methyl sites for hydroxylation is 1. The summed E-state index contributed by atoms with van der Waals surface area (Å²) >= 11 is 0. The van der Waals surface area contributed by atoms with Crippen molar-refractivity contribution in [2.24, 2.45) is 5.41 Å². The van der Waals surface area contributed by atoms with Crippen LogP contribution in [0.1, 0.15) is 38.8 Å². The van der Waals surface area contributed by atoms with Crippen LogP contribution in [-0.4, -0.2) is 18.6 Å². The van der Waals surface area contributed by atoms with E-state index < -0.39 is 5.41 Å². The van der Waals surface area contributed by atoms with Gasteiger partial charge in [0.1, 0.15) is 6.10 Å². The van der Waals surface area contributed by atoms with Crippen molar-refractivity contribution in [3.8, 4) is 0 Å². The molecule has 0 bridgehead atoms. The van der Waals surface area contributed by atoms with Crippen LogP contribution in [0.3, 0.4) is 0 Å². The maximum atomic E-state index is 11.7. The zero-order valence-corrected chi connectivity index (χ0v) is 12.6. The lowest BCUT2D eigenvalue weighted by atomic mass is 9.97. The Hall–Kier alpha value is -1.35. The maximum absolute atomic E-state index is 11.7. The number of benzene rings is 1. The van der Waals surface area contributed by atoms with Crippen molar-refractivity contribution in [1.29, 1.82) is 0 Å². The van der Waals surface area contributed by atoms with Gasteiger partial charge in [0.2, 0.25) is 0 Å². The van der Waals surface area contributed by atoms with Crippen LogP contribution in [0.4, 0.5) is 0 Å². The molecule has 1 rings (SSSR count). The molecule has 0 radical (unpaired) electrons. The zero-order chi connectivity index (χ0) is 14.5.